The standard InChI is InChI=1S/C16H24N2O/c1-3-4-5-13-6-8-14(9-7-13)18-16(19)15-11-17-10-12(15)2/h6-9,12,15,17H,3-5,10-11H2,1-2H3,(H,18,19)/t12-,15-/m1/s1. The van der Waals surface area contributed by atoms with Crippen LogP contribution in [-0.4, -0.2) is 19.0 Å². The molecule has 1 aromatic rings. The molecule has 1 amide bonds. The van der Waals surface area contributed by atoms with Crippen LogP contribution in [0.1, 0.15) is 32.3 Å². The maximum Gasteiger partial charge on any atom is 0.229 e. The van der Waals surface area contributed by atoms with E-state index in [0.717, 1.165) is 25.2 Å². The molecule has 2 N–H and O–H groups in total. The van der Waals surface area contributed by atoms with E-state index in [1.807, 2.05) is 12.1 Å². The minimum Gasteiger partial charge on any atom is -0.326 e. The Hall–Kier alpha value is -1.35. The van der Waals surface area contributed by atoms with Crippen molar-refractivity contribution in [3.63, 3.8) is 0 Å². The van der Waals surface area contributed by atoms with E-state index in [1.165, 1.54) is 18.4 Å². The highest BCUT2D eigenvalue weighted by molar-refractivity contribution is 5.93. The average Bonchev–Trinajstić information content (AvgIpc) is 2.84. The van der Waals surface area contributed by atoms with Crippen molar-refractivity contribution >= 4 is 11.6 Å². The van der Waals surface area contributed by atoms with Crippen molar-refractivity contribution in [1.29, 1.82) is 0 Å². The van der Waals surface area contributed by atoms with Gasteiger partial charge in [0.25, 0.3) is 0 Å². The van der Waals surface area contributed by atoms with Crippen LogP contribution in [0, 0.1) is 11.8 Å². The van der Waals surface area contributed by atoms with Gasteiger partial charge in [-0.3, -0.25) is 4.79 Å². The van der Waals surface area contributed by atoms with Gasteiger partial charge >= 0.3 is 0 Å². The van der Waals surface area contributed by atoms with Gasteiger partial charge in [0.15, 0.2) is 0 Å². The second-order valence-corrected chi connectivity index (χ2v) is 5.53. The van der Waals surface area contributed by atoms with Crippen molar-refractivity contribution in [3.8, 4) is 0 Å². The Bertz CT molecular complexity index is 413. The number of anilines is 1. The SMILES string of the molecule is CCCCc1ccc(NC(=O)[C@@H]2CNC[C@H]2C)cc1. The summed E-state index contributed by atoms with van der Waals surface area (Å²) >= 11 is 0. The van der Waals surface area contributed by atoms with Crippen LogP contribution in [-0.2, 0) is 11.2 Å². The van der Waals surface area contributed by atoms with E-state index in [2.05, 4.69) is 36.6 Å². The van der Waals surface area contributed by atoms with Crippen LogP contribution in [0.25, 0.3) is 0 Å². The molecule has 104 valence electrons. The second kappa shape index (κ2) is 6.71. The van der Waals surface area contributed by atoms with Gasteiger partial charge in [-0.2, -0.15) is 0 Å². The summed E-state index contributed by atoms with van der Waals surface area (Å²) in [6.07, 6.45) is 3.55. The molecule has 0 unspecified atom stereocenters. The molecule has 3 nitrogen and oxygen atoms in total. The predicted octanol–water partition coefficient (Wildman–Crippen LogP) is 2.82. The van der Waals surface area contributed by atoms with Crippen molar-refractivity contribution in [3.05, 3.63) is 29.8 Å². The zero-order valence-electron chi connectivity index (χ0n) is 11.9. The number of hydrogen-bond donors (Lipinski definition) is 2. The van der Waals surface area contributed by atoms with E-state index in [-0.39, 0.29) is 11.8 Å². The second-order valence-electron chi connectivity index (χ2n) is 5.53. The van der Waals surface area contributed by atoms with Crippen LogP contribution >= 0.6 is 0 Å². The molecule has 2 atom stereocenters. The fraction of sp³-hybridized carbons (Fsp3) is 0.562. The van der Waals surface area contributed by atoms with Gasteiger partial charge in [-0.15, -0.1) is 0 Å². The lowest BCUT2D eigenvalue weighted by atomic mass is 9.97. The first kappa shape index (κ1) is 14.1. The first-order valence-electron chi connectivity index (χ1n) is 7.31. The van der Waals surface area contributed by atoms with Crippen molar-refractivity contribution in [1.82, 2.24) is 5.32 Å². The Labute approximate surface area is 115 Å². The van der Waals surface area contributed by atoms with Gasteiger partial charge < -0.3 is 10.6 Å². The molecule has 2 rings (SSSR count). The smallest absolute Gasteiger partial charge is 0.229 e. The number of hydrogen-bond acceptors (Lipinski definition) is 2. The normalized spacial score (nSPS) is 22.4. The number of carbonyl (C=O) groups excluding carboxylic acids is 1. The number of nitrogens with one attached hydrogen (secondary N) is 2. The highest BCUT2D eigenvalue weighted by atomic mass is 16.1. The topological polar surface area (TPSA) is 41.1 Å². The minimum absolute atomic E-state index is 0.0970. The van der Waals surface area contributed by atoms with Gasteiger partial charge in [-0.05, 0) is 43.0 Å². The molecular weight excluding hydrogens is 236 g/mol. The summed E-state index contributed by atoms with van der Waals surface area (Å²) in [4.78, 5) is 12.1. The molecule has 0 radical (unpaired) electrons. The molecule has 1 aliphatic heterocycles. The van der Waals surface area contributed by atoms with Crippen LogP contribution < -0.4 is 10.6 Å². The maximum absolute atomic E-state index is 12.1. The average molecular weight is 260 g/mol. The van der Waals surface area contributed by atoms with Crippen molar-refractivity contribution < 1.29 is 4.79 Å². The summed E-state index contributed by atoms with van der Waals surface area (Å²) in [5.74, 6) is 0.655. The quantitative estimate of drug-likeness (QED) is 0.854. The Balaban J connectivity index is 1.90. The highest BCUT2D eigenvalue weighted by Crippen LogP contribution is 2.19. The highest BCUT2D eigenvalue weighted by Gasteiger charge is 2.29. The Morgan fingerprint density at radius 3 is 2.63 bits per heavy atom. The number of unbranched alkanes of at least 4 members (excludes halogenated alkanes) is 1. The van der Waals surface area contributed by atoms with E-state index in [0.29, 0.717) is 5.92 Å². The summed E-state index contributed by atoms with van der Waals surface area (Å²) in [7, 11) is 0. The fourth-order valence-electron chi connectivity index (χ4n) is 2.53. The fourth-order valence-corrected chi connectivity index (χ4v) is 2.53. The lowest BCUT2D eigenvalue weighted by Gasteiger charge is -2.14. The minimum atomic E-state index is 0.0970. The molecule has 3 heteroatoms. The third-order valence-corrected chi connectivity index (χ3v) is 3.89. The molecule has 1 heterocycles. The third-order valence-electron chi connectivity index (χ3n) is 3.89. The number of carbonyl (C=O) groups is 1. The Kier molecular flexibility index (Phi) is 4.97. The summed E-state index contributed by atoms with van der Waals surface area (Å²) in [5.41, 5.74) is 2.25. The zero-order chi connectivity index (χ0) is 13.7. The monoisotopic (exact) mass is 260 g/mol. The predicted molar refractivity (Wildman–Crippen MR) is 79.2 cm³/mol. The van der Waals surface area contributed by atoms with Crippen LogP contribution in [0.15, 0.2) is 24.3 Å². The molecule has 1 aromatic carbocycles. The van der Waals surface area contributed by atoms with E-state index in [4.69, 9.17) is 0 Å². The van der Waals surface area contributed by atoms with E-state index in [1.54, 1.807) is 0 Å². The van der Waals surface area contributed by atoms with Gasteiger partial charge in [0, 0.05) is 12.2 Å². The number of rotatable bonds is 5. The van der Waals surface area contributed by atoms with Gasteiger partial charge in [0.2, 0.25) is 5.91 Å². The first-order chi connectivity index (χ1) is 9.20. The molecule has 0 spiro atoms. The summed E-state index contributed by atoms with van der Waals surface area (Å²) < 4.78 is 0. The van der Waals surface area contributed by atoms with Crippen molar-refractivity contribution in [2.75, 3.05) is 18.4 Å². The van der Waals surface area contributed by atoms with Crippen molar-refractivity contribution in [2.24, 2.45) is 11.8 Å². The van der Waals surface area contributed by atoms with E-state index >= 15 is 0 Å². The van der Waals surface area contributed by atoms with Gasteiger partial charge in [-0.25, -0.2) is 0 Å². The molecule has 1 fully saturated rings. The molecule has 0 aromatic heterocycles. The van der Waals surface area contributed by atoms with Crippen LogP contribution in [0.5, 0.6) is 0 Å². The van der Waals surface area contributed by atoms with Crippen molar-refractivity contribution in [2.45, 2.75) is 33.1 Å². The Morgan fingerprint density at radius 1 is 1.32 bits per heavy atom. The number of aryl methyl sites for hydroxylation is 1. The molecule has 0 saturated carbocycles. The van der Waals surface area contributed by atoms with Crippen LogP contribution in [0.2, 0.25) is 0 Å². The van der Waals surface area contributed by atoms with Crippen LogP contribution in [0.4, 0.5) is 5.69 Å². The van der Waals surface area contributed by atoms with Crippen LogP contribution in [0.3, 0.4) is 0 Å². The number of amides is 1. The molecule has 0 bridgehead atoms. The van der Waals surface area contributed by atoms with E-state index in [9.17, 15) is 4.79 Å². The first-order valence-corrected chi connectivity index (χ1v) is 7.31. The zero-order valence-corrected chi connectivity index (χ0v) is 11.9. The van der Waals surface area contributed by atoms with Gasteiger partial charge in [0.05, 0.1) is 5.92 Å². The maximum atomic E-state index is 12.1. The largest absolute Gasteiger partial charge is 0.326 e. The molecule has 0 aliphatic carbocycles. The molecule has 19 heavy (non-hydrogen) atoms. The summed E-state index contributed by atoms with van der Waals surface area (Å²) in [6, 6.07) is 8.25. The lowest BCUT2D eigenvalue weighted by molar-refractivity contribution is -0.120. The van der Waals surface area contributed by atoms with E-state index < -0.39 is 0 Å². The Morgan fingerprint density at radius 2 is 2.05 bits per heavy atom. The summed E-state index contributed by atoms with van der Waals surface area (Å²) in [6.45, 7) is 6.05. The van der Waals surface area contributed by atoms with Gasteiger partial charge in [0.1, 0.15) is 0 Å². The molecule has 1 saturated heterocycles. The number of benzene rings is 1. The molecular formula is C16H24N2O. The molecule has 1 aliphatic rings. The summed E-state index contributed by atoms with van der Waals surface area (Å²) in [5, 5.41) is 6.28. The lowest BCUT2D eigenvalue weighted by Crippen LogP contribution is -2.27. The van der Waals surface area contributed by atoms with Gasteiger partial charge in [-0.1, -0.05) is 32.4 Å². The third kappa shape index (κ3) is 3.80.